The Morgan fingerprint density at radius 3 is 3.00 bits per heavy atom. The first-order chi connectivity index (χ1) is 3.93. The number of ether oxygens (including phenoxy) is 1. The summed E-state index contributed by atoms with van der Waals surface area (Å²) in [5.41, 5.74) is 0. The summed E-state index contributed by atoms with van der Waals surface area (Å²) in [4.78, 5) is 3.65. The van der Waals surface area contributed by atoms with Gasteiger partial charge in [0, 0.05) is 6.07 Å². The first-order valence-electron chi connectivity index (χ1n) is 2.21. The maximum Gasteiger partial charge on any atom is 0.137 e. The first-order valence-corrected chi connectivity index (χ1v) is 2.21. The number of aromatic nitrogens is 1. The summed E-state index contributed by atoms with van der Waals surface area (Å²) in [5, 5.41) is 0. The van der Waals surface area contributed by atoms with Crippen LogP contribution < -0.4 is 4.74 Å². The Morgan fingerprint density at radius 1 is 1.75 bits per heavy atom. The highest BCUT2D eigenvalue weighted by atomic mass is 16.5. The quantitative estimate of drug-likeness (QED) is 0.526. The Bertz CT molecular complexity index is 150. The number of hydrogen-bond donors (Lipinski definition) is 0. The number of pyridine rings is 1. The van der Waals surface area contributed by atoms with Gasteiger partial charge in [-0.3, -0.25) is 4.98 Å². The minimum absolute atomic E-state index is 0.712. The van der Waals surface area contributed by atoms with E-state index in [1.807, 2.05) is 0 Å². The zero-order valence-corrected chi connectivity index (χ0v) is 4.51. The van der Waals surface area contributed by atoms with Gasteiger partial charge in [0.2, 0.25) is 0 Å². The molecule has 0 saturated heterocycles. The van der Waals surface area contributed by atoms with Gasteiger partial charge in [0.25, 0.3) is 0 Å². The van der Waals surface area contributed by atoms with Gasteiger partial charge in [0.15, 0.2) is 0 Å². The second kappa shape index (κ2) is 2.31. The van der Waals surface area contributed by atoms with E-state index in [9.17, 15) is 0 Å². The van der Waals surface area contributed by atoms with Crippen LogP contribution in [-0.2, 0) is 0 Å². The molecule has 0 unspecified atom stereocenters. The van der Waals surface area contributed by atoms with E-state index in [4.69, 9.17) is 4.74 Å². The molecule has 0 aliphatic carbocycles. The molecule has 0 bridgehead atoms. The van der Waals surface area contributed by atoms with Crippen molar-refractivity contribution in [2.75, 3.05) is 7.11 Å². The Kier molecular flexibility index (Phi) is 1.47. The molecule has 40 valence electrons. The van der Waals surface area contributed by atoms with Crippen molar-refractivity contribution in [2.45, 2.75) is 0 Å². The van der Waals surface area contributed by atoms with Crippen LogP contribution in [0.3, 0.4) is 0 Å². The molecule has 0 aliphatic rings. The molecule has 1 rings (SSSR count). The molecule has 0 saturated carbocycles. The third-order valence-corrected chi connectivity index (χ3v) is 0.771. The number of methoxy groups -OCH3 is 1. The van der Waals surface area contributed by atoms with E-state index in [1.54, 1.807) is 19.4 Å². The summed E-state index contributed by atoms with van der Waals surface area (Å²) < 4.78 is 4.80. The molecule has 2 radical (unpaired) electrons. The van der Waals surface area contributed by atoms with E-state index in [-0.39, 0.29) is 0 Å². The zero-order valence-electron chi connectivity index (χ0n) is 4.51. The topological polar surface area (TPSA) is 22.1 Å². The summed E-state index contributed by atoms with van der Waals surface area (Å²) in [6.45, 7) is 0. The van der Waals surface area contributed by atoms with Crippen LogP contribution in [0.5, 0.6) is 5.75 Å². The van der Waals surface area contributed by atoms with Crippen LogP contribution in [0.25, 0.3) is 0 Å². The number of hydrogen-bond acceptors (Lipinski definition) is 2. The lowest BCUT2D eigenvalue weighted by molar-refractivity contribution is 0.412. The number of rotatable bonds is 1. The highest BCUT2D eigenvalue weighted by Gasteiger charge is 1.82. The van der Waals surface area contributed by atoms with Gasteiger partial charge in [-0.2, -0.15) is 0 Å². The fraction of sp³-hybridized carbons (Fsp3) is 0.167. The molecule has 0 aliphatic heterocycles. The normalized spacial score (nSPS) is 8.62. The minimum atomic E-state index is 0.712. The van der Waals surface area contributed by atoms with Gasteiger partial charge in [0.05, 0.1) is 19.5 Å². The van der Waals surface area contributed by atoms with Crippen LogP contribution in [0.1, 0.15) is 0 Å². The van der Waals surface area contributed by atoms with Crippen LogP contribution in [0.2, 0.25) is 0 Å². The molecule has 8 heavy (non-hydrogen) atoms. The van der Waals surface area contributed by atoms with Crippen molar-refractivity contribution in [2.24, 2.45) is 0 Å². The third-order valence-electron chi connectivity index (χ3n) is 0.771. The van der Waals surface area contributed by atoms with E-state index < -0.39 is 0 Å². The lowest BCUT2D eigenvalue weighted by Crippen LogP contribution is -1.81. The van der Waals surface area contributed by atoms with E-state index in [2.05, 4.69) is 17.2 Å². The summed E-state index contributed by atoms with van der Waals surface area (Å²) >= 11 is 0. The number of nitrogens with zero attached hydrogens (tertiary/aromatic N) is 1. The second-order valence-electron chi connectivity index (χ2n) is 1.27. The minimum Gasteiger partial charge on any atom is -0.495 e. The van der Waals surface area contributed by atoms with Gasteiger partial charge in [-0.05, 0) is 6.07 Å². The Balaban J connectivity index is 2.83. The van der Waals surface area contributed by atoms with Crippen molar-refractivity contribution in [1.82, 2.24) is 4.98 Å². The molecule has 0 aromatic carbocycles. The van der Waals surface area contributed by atoms with Crippen LogP contribution in [0, 0.1) is 12.3 Å². The fourth-order valence-electron chi connectivity index (χ4n) is 0.385. The molecule has 2 nitrogen and oxygen atoms in total. The summed E-state index contributed by atoms with van der Waals surface area (Å²) in [6, 6.07) is 4.32. The molecule has 2 heteroatoms. The lowest BCUT2D eigenvalue weighted by Gasteiger charge is -1.92. The Hall–Kier alpha value is -1.05. The van der Waals surface area contributed by atoms with E-state index in [0.717, 1.165) is 0 Å². The molecule has 0 atom stereocenters. The van der Waals surface area contributed by atoms with Gasteiger partial charge >= 0.3 is 0 Å². The molecule has 0 fully saturated rings. The summed E-state index contributed by atoms with van der Waals surface area (Å²) in [6.07, 6.45) is 4.09. The molecule has 0 amide bonds. The standard InChI is InChI=1S/C6H5NO/c1-8-6-3-2-4-7-5-6/h3,5H,1H3. The van der Waals surface area contributed by atoms with Crippen molar-refractivity contribution in [3.63, 3.8) is 0 Å². The van der Waals surface area contributed by atoms with E-state index in [0.29, 0.717) is 5.75 Å². The molecule has 1 aromatic rings. The average Bonchev–Trinajstić information content (AvgIpc) is 1.90. The smallest absolute Gasteiger partial charge is 0.137 e. The van der Waals surface area contributed by atoms with Crippen LogP contribution in [0.15, 0.2) is 12.3 Å². The van der Waals surface area contributed by atoms with Crippen molar-refractivity contribution in [1.29, 1.82) is 0 Å². The van der Waals surface area contributed by atoms with Gasteiger partial charge in [-0.1, -0.05) is 0 Å². The predicted octanol–water partition coefficient (Wildman–Crippen LogP) is 0.691. The molecular weight excluding hydrogens is 102 g/mol. The van der Waals surface area contributed by atoms with Gasteiger partial charge < -0.3 is 4.74 Å². The SMILES string of the molecule is COc1c[c][c]nc1. The molecule has 1 aromatic heterocycles. The first kappa shape index (κ1) is 5.09. The molecule has 0 spiro atoms. The van der Waals surface area contributed by atoms with Crippen LogP contribution in [-0.4, -0.2) is 12.1 Å². The van der Waals surface area contributed by atoms with Crippen molar-refractivity contribution in [3.8, 4) is 5.75 Å². The second-order valence-corrected chi connectivity index (χ2v) is 1.27. The van der Waals surface area contributed by atoms with Crippen molar-refractivity contribution >= 4 is 0 Å². The predicted molar refractivity (Wildman–Crippen MR) is 28.5 cm³/mol. The highest BCUT2D eigenvalue weighted by molar-refractivity contribution is 5.13. The summed E-state index contributed by atoms with van der Waals surface area (Å²) in [5.74, 6) is 0.712. The largest absolute Gasteiger partial charge is 0.495 e. The van der Waals surface area contributed by atoms with E-state index in [1.165, 1.54) is 0 Å². The maximum absolute atomic E-state index is 4.80. The van der Waals surface area contributed by atoms with Crippen LogP contribution >= 0.6 is 0 Å². The zero-order chi connectivity index (χ0) is 5.82. The van der Waals surface area contributed by atoms with Crippen molar-refractivity contribution in [3.05, 3.63) is 24.5 Å². The van der Waals surface area contributed by atoms with Crippen molar-refractivity contribution < 1.29 is 4.74 Å². The molecule has 0 N–H and O–H groups in total. The monoisotopic (exact) mass is 107 g/mol. The fourth-order valence-corrected chi connectivity index (χ4v) is 0.385. The van der Waals surface area contributed by atoms with Gasteiger partial charge in [-0.25, -0.2) is 0 Å². The maximum atomic E-state index is 4.80. The average molecular weight is 107 g/mol. The third kappa shape index (κ3) is 0.964. The van der Waals surface area contributed by atoms with Gasteiger partial charge in [-0.15, -0.1) is 0 Å². The van der Waals surface area contributed by atoms with Gasteiger partial charge in [0.1, 0.15) is 5.75 Å². The molecule has 1 heterocycles. The lowest BCUT2D eigenvalue weighted by atomic mass is 10.5. The molecular formula is C6H5NO. The summed E-state index contributed by atoms with van der Waals surface area (Å²) in [7, 11) is 1.59. The highest BCUT2D eigenvalue weighted by Crippen LogP contribution is 2.02. The Labute approximate surface area is 48.1 Å². The van der Waals surface area contributed by atoms with E-state index >= 15 is 0 Å². The Morgan fingerprint density at radius 2 is 2.62 bits per heavy atom. The van der Waals surface area contributed by atoms with Crippen LogP contribution in [0.4, 0.5) is 0 Å².